The third-order valence-electron chi connectivity index (χ3n) is 5.14. The lowest BCUT2D eigenvalue weighted by atomic mass is 10.1. The van der Waals surface area contributed by atoms with E-state index in [1.807, 2.05) is 28.8 Å². The highest BCUT2D eigenvalue weighted by Crippen LogP contribution is 2.30. The normalized spacial score (nSPS) is 11.2. The number of hydrogen-bond donors (Lipinski definition) is 0. The minimum atomic E-state index is -0.386. The molecule has 0 unspecified atom stereocenters. The lowest BCUT2D eigenvalue weighted by Gasteiger charge is -2.11. The summed E-state index contributed by atoms with van der Waals surface area (Å²) in [7, 11) is 4.70. The van der Waals surface area contributed by atoms with Crippen molar-refractivity contribution in [3.05, 3.63) is 86.9 Å². The van der Waals surface area contributed by atoms with Crippen molar-refractivity contribution < 1.29 is 9.13 Å². The number of ether oxygens (including phenoxy) is 1. The van der Waals surface area contributed by atoms with Crippen LogP contribution in [0.3, 0.4) is 0 Å². The van der Waals surface area contributed by atoms with E-state index in [1.165, 1.54) is 23.7 Å². The quantitative estimate of drug-likeness (QED) is 0.536. The van der Waals surface area contributed by atoms with Crippen LogP contribution in [-0.2, 0) is 20.6 Å². The topological polar surface area (TPSA) is 58.2 Å². The molecule has 0 bridgehead atoms. The van der Waals surface area contributed by atoms with Gasteiger partial charge in [-0.1, -0.05) is 12.1 Å². The fourth-order valence-electron chi connectivity index (χ4n) is 3.56. The Balaban J connectivity index is 2.01. The Kier molecular flexibility index (Phi) is 4.58. The van der Waals surface area contributed by atoms with Gasteiger partial charge < -0.3 is 9.30 Å². The molecular formula is C22H20FN3O3. The molecule has 0 fully saturated rings. The van der Waals surface area contributed by atoms with Crippen LogP contribution in [-0.4, -0.2) is 20.8 Å². The zero-order valence-electron chi connectivity index (χ0n) is 16.3. The Morgan fingerprint density at radius 3 is 2.21 bits per heavy atom. The average Bonchev–Trinajstić information content (AvgIpc) is 3.11. The van der Waals surface area contributed by atoms with Gasteiger partial charge in [-0.05, 0) is 47.5 Å². The van der Waals surface area contributed by atoms with Crippen molar-refractivity contribution in [1.29, 1.82) is 0 Å². The minimum Gasteiger partial charge on any atom is -0.497 e. The Morgan fingerprint density at radius 2 is 1.59 bits per heavy atom. The number of halogens is 1. The molecule has 0 atom stereocenters. The van der Waals surface area contributed by atoms with E-state index in [0.717, 1.165) is 15.7 Å². The zero-order valence-corrected chi connectivity index (χ0v) is 16.3. The summed E-state index contributed by atoms with van der Waals surface area (Å²) < 4.78 is 23.0. The molecule has 2 aromatic heterocycles. The van der Waals surface area contributed by atoms with Gasteiger partial charge in [-0.3, -0.25) is 13.9 Å². The molecule has 0 N–H and O–H groups in total. The number of methoxy groups -OCH3 is 1. The van der Waals surface area contributed by atoms with Gasteiger partial charge in [0.05, 0.1) is 23.7 Å². The van der Waals surface area contributed by atoms with E-state index in [4.69, 9.17) is 4.74 Å². The predicted molar refractivity (Wildman–Crippen MR) is 110 cm³/mol. The molecule has 0 saturated carbocycles. The number of hydrogen-bond acceptors (Lipinski definition) is 3. The maximum atomic E-state index is 13.3. The molecule has 29 heavy (non-hydrogen) atoms. The van der Waals surface area contributed by atoms with E-state index in [2.05, 4.69) is 0 Å². The summed E-state index contributed by atoms with van der Waals surface area (Å²) in [5, 5.41) is 0.460. The van der Waals surface area contributed by atoms with E-state index in [0.29, 0.717) is 28.9 Å². The molecular weight excluding hydrogens is 373 g/mol. The highest BCUT2D eigenvalue weighted by Gasteiger charge is 2.19. The van der Waals surface area contributed by atoms with Crippen molar-refractivity contribution >= 4 is 10.9 Å². The second-order valence-electron chi connectivity index (χ2n) is 6.93. The average molecular weight is 393 g/mol. The van der Waals surface area contributed by atoms with Gasteiger partial charge in [-0.2, -0.15) is 0 Å². The highest BCUT2D eigenvalue weighted by atomic mass is 19.1. The third-order valence-corrected chi connectivity index (χ3v) is 5.14. The van der Waals surface area contributed by atoms with E-state index in [-0.39, 0.29) is 17.1 Å². The van der Waals surface area contributed by atoms with Crippen LogP contribution in [0.2, 0.25) is 0 Å². The summed E-state index contributed by atoms with van der Waals surface area (Å²) in [6, 6.07) is 13.6. The summed E-state index contributed by atoms with van der Waals surface area (Å²) in [4.78, 5) is 25.4. The van der Waals surface area contributed by atoms with Crippen molar-refractivity contribution in [2.45, 2.75) is 6.54 Å². The van der Waals surface area contributed by atoms with Crippen molar-refractivity contribution in [2.75, 3.05) is 7.11 Å². The van der Waals surface area contributed by atoms with Crippen LogP contribution in [0.5, 0.6) is 5.75 Å². The summed E-state index contributed by atoms with van der Waals surface area (Å²) in [6.07, 6.45) is 1.79. The smallest absolute Gasteiger partial charge is 0.330 e. The van der Waals surface area contributed by atoms with E-state index < -0.39 is 0 Å². The Labute approximate surface area is 166 Å². The summed E-state index contributed by atoms with van der Waals surface area (Å²) in [5.41, 5.74) is 2.20. The van der Waals surface area contributed by atoms with Crippen LogP contribution in [0.25, 0.3) is 22.2 Å². The molecule has 6 nitrogen and oxygen atoms in total. The first-order valence-corrected chi connectivity index (χ1v) is 9.08. The lowest BCUT2D eigenvalue weighted by molar-refractivity contribution is 0.415. The maximum absolute atomic E-state index is 13.3. The summed E-state index contributed by atoms with van der Waals surface area (Å²) in [6.45, 7) is 0.424. The fourth-order valence-corrected chi connectivity index (χ4v) is 3.56. The summed E-state index contributed by atoms with van der Waals surface area (Å²) in [5.74, 6) is 0.396. The second-order valence-corrected chi connectivity index (χ2v) is 6.93. The maximum Gasteiger partial charge on any atom is 0.330 e. The highest BCUT2D eigenvalue weighted by molar-refractivity contribution is 5.93. The number of rotatable bonds is 4. The molecule has 0 radical (unpaired) electrons. The first-order valence-electron chi connectivity index (χ1n) is 9.08. The van der Waals surface area contributed by atoms with Gasteiger partial charge in [0.15, 0.2) is 0 Å². The van der Waals surface area contributed by atoms with Gasteiger partial charge in [0.25, 0.3) is 5.56 Å². The van der Waals surface area contributed by atoms with Crippen LogP contribution in [0, 0.1) is 5.82 Å². The molecule has 0 saturated heterocycles. The molecule has 2 heterocycles. The molecule has 4 aromatic rings. The van der Waals surface area contributed by atoms with Gasteiger partial charge in [0, 0.05) is 26.8 Å². The standard InChI is InChI=1S/C22H20FN3O3/c1-24-18-13-26(12-14-4-8-16(23)9-5-14)20(15-6-10-17(29-3)11-7-15)19(18)21(27)25(2)22(24)28/h4-11,13H,12H2,1-3H3. The molecule has 0 aliphatic rings. The van der Waals surface area contributed by atoms with Gasteiger partial charge in [0.1, 0.15) is 11.6 Å². The van der Waals surface area contributed by atoms with Crippen LogP contribution in [0.15, 0.2) is 64.3 Å². The van der Waals surface area contributed by atoms with Crippen LogP contribution in [0.1, 0.15) is 5.56 Å². The number of nitrogens with zero attached hydrogens (tertiary/aromatic N) is 3. The number of aromatic nitrogens is 3. The Bertz CT molecular complexity index is 1310. The first kappa shape index (κ1) is 18.7. The Morgan fingerprint density at radius 1 is 0.931 bits per heavy atom. The van der Waals surface area contributed by atoms with Crippen LogP contribution < -0.4 is 16.0 Å². The lowest BCUT2D eigenvalue weighted by Crippen LogP contribution is -2.36. The SMILES string of the molecule is COc1ccc(-c2c3c(=O)n(C)c(=O)n(C)c3cn2Cc2ccc(F)cc2)cc1. The molecule has 2 aromatic carbocycles. The first-order chi connectivity index (χ1) is 13.9. The molecule has 148 valence electrons. The molecule has 7 heteroatoms. The van der Waals surface area contributed by atoms with Gasteiger partial charge in [-0.15, -0.1) is 0 Å². The Hall–Kier alpha value is -3.61. The monoisotopic (exact) mass is 393 g/mol. The van der Waals surface area contributed by atoms with Gasteiger partial charge in [0.2, 0.25) is 0 Å². The molecule has 0 aliphatic carbocycles. The predicted octanol–water partition coefficient (Wildman–Crippen LogP) is 2.90. The largest absolute Gasteiger partial charge is 0.497 e. The molecule has 0 spiro atoms. The van der Waals surface area contributed by atoms with Gasteiger partial charge in [-0.25, -0.2) is 9.18 Å². The fraction of sp³-hybridized carbons (Fsp3) is 0.182. The van der Waals surface area contributed by atoms with Crippen molar-refractivity contribution in [3.8, 4) is 17.0 Å². The van der Waals surface area contributed by atoms with Crippen molar-refractivity contribution in [2.24, 2.45) is 14.1 Å². The zero-order chi connectivity index (χ0) is 20.7. The molecule has 0 aliphatic heterocycles. The van der Waals surface area contributed by atoms with Crippen molar-refractivity contribution in [1.82, 2.24) is 13.7 Å². The number of aryl methyl sites for hydroxylation is 1. The van der Waals surface area contributed by atoms with E-state index >= 15 is 0 Å². The molecule has 0 amide bonds. The van der Waals surface area contributed by atoms with Gasteiger partial charge >= 0.3 is 5.69 Å². The van der Waals surface area contributed by atoms with E-state index in [1.54, 1.807) is 32.5 Å². The van der Waals surface area contributed by atoms with E-state index in [9.17, 15) is 14.0 Å². The van der Waals surface area contributed by atoms with Crippen LogP contribution in [0.4, 0.5) is 4.39 Å². The third kappa shape index (κ3) is 3.14. The second kappa shape index (κ2) is 7.09. The minimum absolute atomic E-state index is 0.307. The number of benzene rings is 2. The van der Waals surface area contributed by atoms with Crippen molar-refractivity contribution in [3.63, 3.8) is 0 Å². The molecule has 4 rings (SSSR count). The number of fused-ring (bicyclic) bond motifs is 1. The van der Waals surface area contributed by atoms with Crippen LogP contribution >= 0.6 is 0 Å². The summed E-state index contributed by atoms with van der Waals surface area (Å²) >= 11 is 0.